The van der Waals surface area contributed by atoms with Gasteiger partial charge in [-0.05, 0) is 50.2 Å². The van der Waals surface area contributed by atoms with Crippen LogP contribution in [0.4, 0.5) is 17.1 Å². The third kappa shape index (κ3) is 10.7. The van der Waals surface area contributed by atoms with E-state index in [1.807, 2.05) is 30.1 Å². The van der Waals surface area contributed by atoms with Crippen molar-refractivity contribution in [3.05, 3.63) is 54.4 Å². The van der Waals surface area contributed by atoms with Crippen LogP contribution in [0.5, 0.6) is 11.5 Å². The van der Waals surface area contributed by atoms with Gasteiger partial charge in [-0.15, -0.1) is 0 Å². The Kier molecular flexibility index (Phi) is 14.7. The lowest BCUT2D eigenvalue weighted by atomic mass is 10.2. The van der Waals surface area contributed by atoms with Crippen molar-refractivity contribution in [3.8, 4) is 11.5 Å². The largest absolute Gasteiger partial charge is 0.493 e. The van der Waals surface area contributed by atoms with Crippen molar-refractivity contribution in [3.63, 3.8) is 0 Å². The molecule has 0 bridgehead atoms. The number of likely N-dealkylation sites (N-methyl/N-ethyl adjacent to an activating group) is 1. The van der Waals surface area contributed by atoms with Gasteiger partial charge in [-0.3, -0.25) is 15.6 Å². The van der Waals surface area contributed by atoms with E-state index in [0.29, 0.717) is 55.9 Å². The van der Waals surface area contributed by atoms with Gasteiger partial charge in [0.05, 0.1) is 40.2 Å². The summed E-state index contributed by atoms with van der Waals surface area (Å²) in [5, 5.41) is 9.55. The summed E-state index contributed by atoms with van der Waals surface area (Å²) < 4.78 is 21.6. The fourth-order valence-corrected chi connectivity index (χ4v) is 4.36. The summed E-state index contributed by atoms with van der Waals surface area (Å²) in [6.45, 7) is 8.94. The van der Waals surface area contributed by atoms with Crippen LogP contribution in [0, 0.1) is 0 Å². The number of aliphatic imine (C=N–C) groups is 2. The molecule has 6 N–H and O–H groups in total. The molecule has 1 amide bonds. The van der Waals surface area contributed by atoms with Crippen LogP contribution >= 0.6 is 0 Å². The molecule has 0 atom stereocenters. The highest BCUT2D eigenvalue weighted by Gasteiger charge is 2.21. The molecule has 2 aromatic rings. The van der Waals surface area contributed by atoms with Gasteiger partial charge in [-0.2, -0.15) is 0 Å². The van der Waals surface area contributed by atoms with Gasteiger partial charge in [0.1, 0.15) is 19.0 Å². The minimum absolute atomic E-state index is 0.00618. The molecule has 44 heavy (non-hydrogen) atoms. The van der Waals surface area contributed by atoms with Crippen LogP contribution in [0.2, 0.25) is 0 Å². The summed E-state index contributed by atoms with van der Waals surface area (Å²) in [7, 11) is 5.03. The Hall–Kier alpha value is -4.37. The maximum absolute atomic E-state index is 12.5. The number of nitrogens with one attached hydrogen (secondary N) is 4. The Labute approximate surface area is 259 Å². The number of ether oxygens (including phenoxy) is 4. The lowest BCUT2D eigenvalue weighted by Crippen LogP contribution is -2.49. The molecule has 1 heterocycles. The topological polar surface area (TPSA) is 159 Å². The average Bonchev–Trinajstić information content (AvgIpc) is 3.06. The van der Waals surface area contributed by atoms with Crippen LogP contribution in [-0.4, -0.2) is 110 Å². The number of nitrogens with two attached hydrogens (primary N) is 1. The predicted octanol–water partition coefficient (Wildman–Crippen LogP) is 1.49. The van der Waals surface area contributed by atoms with Gasteiger partial charge in [-0.1, -0.05) is 0 Å². The van der Waals surface area contributed by atoms with E-state index in [2.05, 4.69) is 55.1 Å². The molecular weight excluding hydrogens is 566 g/mol. The standard InChI is InChI=1S/C30H45N9O5/c1-32-11-16-43-17-18-44-21-29(40)39-14-12-38(13-15-39)25-8-5-23(6-9-25)34-22-35-30(26(37-31)20-33-2)36-24-7-10-27(41-3)28(19-24)42-4/h5-10,19-20,32,34,37H,2,11-18,21-22,31H2,1,3-4H3,(H,35,36)/b26-20+. The first kappa shape index (κ1) is 34.1. The third-order valence-electron chi connectivity index (χ3n) is 6.76. The Balaban J connectivity index is 1.50. The van der Waals surface area contributed by atoms with E-state index in [0.717, 1.165) is 36.7 Å². The first-order valence-corrected chi connectivity index (χ1v) is 14.4. The lowest BCUT2D eigenvalue weighted by Gasteiger charge is -2.36. The van der Waals surface area contributed by atoms with E-state index < -0.39 is 0 Å². The summed E-state index contributed by atoms with van der Waals surface area (Å²) in [4.78, 5) is 25.1. The van der Waals surface area contributed by atoms with Crippen LogP contribution in [0.1, 0.15) is 0 Å². The number of nitrogens with zero attached hydrogens (tertiary/aromatic N) is 4. The van der Waals surface area contributed by atoms with E-state index >= 15 is 0 Å². The molecule has 1 aliphatic rings. The number of anilines is 3. The number of rotatable bonds is 18. The quantitative estimate of drug-likeness (QED) is 0.0547. The Morgan fingerprint density at radius 3 is 2.34 bits per heavy atom. The number of carbonyl (C=O) groups is 1. The zero-order chi connectivity index (χ0) is 31.6. The highest BCUT2D eigenvalue weighted by molar-refractivity contribution is 6.07. The highest BCUT2D eigenvalue weighted by atomic mass is 16.5. The zero-order valence-electron chi connectivity index (χ0n) is 25.8. The smallest absolute Gasteiger partial charge is 0.248 e. The van der Waals surface area contributed by atoms with Crippen LogP contribution in [0.3, 0.4) is 0 Å². The molecule has 2 aromatic carbocycles. The lowest BCUT2D eigenvalue weighted by molar-refractivity contribution is -0.136. The summed E-state index contributed by atoms with van der Waals surface area (Å²) in [6, 6.07) is 13.5. The summed E-state index contributed by atoms with van der Waals surface area (Å²) in [6.07, 6.45) is 1.48. The number of hydrazine groups is 1. The van der Waals surface area contributed by atoms with Gasteiger partial charge in [0.15, 0.2) is 17.3 Å². The second-order valence-electron chi connectivity index (χ2n) is 9.59. The molecule has 14 heteroatoms. The highest BCUT2D eigenvalue weighted by Crippen LogP contribution is 2.30. The van der Waals surface area contributed by atoms with Crippen molar-refractivity contribution >= 4 is 35.5 Å². The zero-order valence-corrected chi connectivity index (χ0v) is 25.8. The first-order valence-electron chi connectivity index (χ1n) is 14.4. The summed E-state index contributed by atoms with van der Waals surface area (Å²) in [5.74, 6) is 7.37. The number of amides is 1. The molecule has 1 fully saturated rings. The number of carbonyl (C=O) groups excluding carboxylic acids is 1. The molecule has 0 aliphatic carbocycles. The summed E-state index contributed by atoms with van der Waals surface area (Å²) >= 11 is 0. The van der Waals surface area contributed by atoms with Gasteiger partial charge in [0, 0.05) is 55.9 Å². The Bertz CT molecular complexity index is 1230. The number of amidine groups is 1. The number of benzene rings is 2. The van der Waals surface area contributed by atoms with Crippen molar-refractivity contribution in [1.82, 2.24) is 15.6 Å². The van der Waals surface area contributed by atoms with E-state index in [-0.39, 0.29) is 19.2 Å². The van der Waals surface area contributed by atoms with Gasteiger partial charge in [0.25, 0.3) is 0 Å². The molecule has 240 valence electrons. The van der Waals surface area contributed by atoms with Crippen molar-refractivity contribution in [2.24, 2.45) is 15.8 Å². The van der Waals surface area contributed by atoms with Crippen molar-refractivity contribution in [2.45, 2.75) is 0 Å². The van der Waals surface area contributed by atoms with E-state index in [1.165, 1.54) is 6.20 Å². The maximum atomic E-state index is 12.5. The molecule has 3 rings (SSSR count). The predicted molar refractivity (Wildman–Crippen MR) is 175 cm³/mol. The van der Waals surface area contributed by atoms with Crippen molar-refractivity contribution < 1.29 is 23.7 Å². The van der Waals surface area contributed by atoms with E-state index in [4.69, 9.17) is 24.8 Å². The van der Waals surface area contributed by atoms with Crippen molar-refractivity contribution in [1.29, 1.82) is 0 Å². The minimum atomic E-state index is 0.00618. The minimum Gasteiger partial charge on any atom is -0.493 e. The van der Waals surface area contributed by atoms with Gasteiger partial charge >= 0.3 is 0 Å². The maximum Gasteiger partial charge on any atom is 0.248 e. The fourth-order valence-electron chi connectivity index (χ4n) is 4.36. The molecule has 0 spiro atoms. The second-order valence-corrected chi connectivity index (χ2v) is 9.59. The Morgan fingerprint density at radius 2 is 1.68 bits per heavy atom. The average molecular weight is 612 g/mol. The first-order chi connectivity index (χ1) is 21.5. The van der Waals surface area contributed by atoms with Gasteiger partial charge in [-0.25, -0.2) is 4.99 Å². The van der Waals surface area contributed by atoms with Crippen LogP contribution in [0.25, 0.3) is 0 Å². The molecule has 0 radical (unpaired) electrons. The molecule has 1 saturated heterocycles. The third-order valence-corrected chi connectivity index (χ3v) is 6.76. The number of methoxy groups -OCH3 is 2. The van der Waals surface area contributed by atoms with Gasteiger partial charge < -0.3 is 50.1 Å². The molecule has 14 nitrogen and oxygen atoms in total. The van der Waals surface area contributed by atoms with Crippen LogP contribution in [0.15, 0.2) is 64.3 Å². The molecule has 0 saturated carbocycles. The van der Waals surface area contributed by atoms with Gasteiger partial charge in [0.2, 0.25) is 5.91 Å². The van der Waals surface area contributed by atoms with Crippen molar-refractivity contribution in [2.75, 3.05) is 103 Å². The molecule has 0 unspecified atom stereocenters. The molecule has 0 aromatic heterocycles. The normalized spacial score (nSPS) is 13.8. The molecule has 1 aliphatic heterocycles. The fraction of sp³-hybridized carbons (Fsp3) is 0.433. The van der Waals surface area contributed by atoms with E-state index in [9.17, 15) is 4.79 Å². The Morgan fingerprint density at radius 1 is 0.977 bits per heavy atom. The SMILES string of the molecule is C=N/C=C(NN)\C(=N/CNc1ccc(N2CCN(C(=O)COCCOCCNC)CC2)cc1)Nc1ccc(OC)c(OC)c1. The summed E-state index contributed by atoms with van der Waals surface area (Å²) in [5.41, 5.74) is 5.76. The molecular formula is C30H45N9O5. The van der Waals surface area contributed by atoms with E-state index in [1.54, 1.807) is 26.4 Å². The number of hydrogen-bond acceptors (Lipinski definition) is 12. The monoisotopic (exact) mass is 611 g/mol. The second kappa shape index (κ2) is 19.0. The number of piperazine rings is 1. The van der Waals surface area contributed by atoms with Crippen LogP contribution < -0.4 is 41.6 Å². The number of hydrogen-bond donors (Lipinski definition) is 5. The van der Waals surface area contributed by atoms with Crippen LogP contribution in [-0.2, 0) is 14.3 Å².